The summed E-state index contributed by atoms with van der Waals surface area (Å²) in [6.45, 7) is 0.0921. The van der Waals surface area contributed by atoms with Crippen LogP contribution in [0.15, 0.2) is 54.6 Å². The molecule has 2 aromatic carbocycles. The van der Waals surface area contributed by atoms with Crippen LogP contribution in [0.5, 0.6) is 0 Å². The van der Waals surface area contributed by atoms with Crippen molar-refractivity contribution in [2.45, 2.75) is 5.92 Å². The summed E-state index contributed by atoms with van der Waals surface area (Å²) in [7, 11) is 0. The molecule has 0 aliphatic heterocycles. The summed E-state index contributed by atoms with van der Waals surface area (Å²) in [6, 6.07) is 17.1. The molecule has 1 heterocycles. The molecule has 6 nitrogen and oxygen atoms in total. The highest BCUT2D eigenvalue weighted by Gasteiger charge is 2.29. The maximum Gasteiger partial charge on any atom is 0.411 e. The number of pyridine rings is 1. The topological polar surface area (TPSA) is 88.5 Å². The van der Waals surface area contributed by atoms with Crippen LogP contribution >= 0.6 is 23.2 Å². The largest absolute Gasteiger partial charge is 0.478 e. The number of ether oxygens (including phenoxy) is 1. The molecule has 1 amide bonds. The number of carboxylic acids is 1. The van der Waals surface area contributed by atoms with E-state index in [2.05, 4.69) is 10.3 Å². The van der Waals surface area contributed by atoms with Crippen LogP contribution in [0, 0.1) is 0 Å². The highest BCUT2D eigenvalue weighted by molar-refractivity contribution is 6.35. The molecular formula is C21H14Cl2N2O4. The number of fused-ring (bicyclic) bond motifs is 3. The number of halogens is 2. The Morgan fingerprint density at radius 1 is 1.03 bits per heavy atom. The highest BCUT2D eigenvalue weighted by atomic mass is 35.5. The van der Waals surface area contributed by atoms with Gasteiger partial charge in [-0.2, -0.15) is 0 Å². The number of amides is 1. The highest BCUT2D eigenvalue weighted by Crippen LogP contribution is 2.44. The molecule has 0 spiro atoms. The van der Waals surface area contributed by atoms with Gasteiger partial charge in [0, 0.05) is 12.0 Å². The Morgan fingerprint density at radius 3 is 2.21 bits per heavy atom. The van der Waals surface area contributed by atoms with Crippen molar-refractivity contribution >= 4 is 41.0 Å². The second-order valence-corrected chi connectivity index (χ2v) is 7.16. The van der Waals surface area contributed by atoms with E-state index < -0.39 is 12.1 Å². The fourth-order valence-corrected chi connectivity index (χ4v) is 4.04. The smallest absolute Gasteiger partial charge is 0.411 e. The second kappa shape index (κ2) is 7.73. The first-order valence-corrected chi connectivity index (χ1v) is 9.42. The summed E-state index contributed by atoms with van der Waals surface area (Å²) in [6.07, 6.45) is -0.812. The molecular weight excluding hydrogens is 415 g/mol. The van der Waals surface area contributed by atoms with Gasteiger partial charge in [0.2, 0.25) is 0 Å². The molecule has 1 aliphatic carbocycles. The zero-order chi connectivity index (χ0) is 20.5. The van der Waals surface area contributed by atoms with Gasteiger partial charge >= 0.3 is 12.1 Å². The van der Waals surface area contributed by atoms with Gasteiger partial charge in [-0.05, 0) is 22.3 Å². The first-order valence-electron chi connectivity index (χ1n) is 8.67. The lowest BCUT2D eigenvalue weighted by Gasteiger charge is -2.15. The zero-order valence-electron chi connectivity index (χ0n) is 14.9. The van der Waals surface area contributed by atoms with Crippen LogP contribution in [0.4, 0.5) is 10.5 Å². The predicted molar refractivity (Wildman–Crippen MR) is 110 cm³/mol. The summed E-state index contributed by atoms with van der Waals surface area (Å²) in [4.78, 5) is 27.5. The average molecular weight is 429 g/mol. The van der Waals surface area contributed by atoms with Crippen LogP contribution in [0.2, 0.25) is 10.3 Å². The van der Waals surface area contributed by atoms with Gasteiger partial charge in [0.25, 0.3) is 0 Å². The quantitative estimate of drug-likeness (QED) is 0.539. The number of nitrogens with one attached hydrogen (secondary N) is 1. The van der Waals surface area contributed by atoms with E-state index in [4.69, 9.17) is 27.9 Å². The van der Waals surface area contributed by atoms with E-state index in [0.717, 1.165) is 22.3 Å². The molecule has 29 heavy (non-hydrogen) atoms. The molecule has 3 aromatic rings. The number of aromatic carboxylic acids is 1. The van der Waals surface area contributed by atoms with Gasteiger partial charge in [-0.15, -0.1) is 0 Å². The number of nitrogens with zero attached hydrogens (tertiary/aromatic N) is 1. The van der Waals surface area contributed by atoms with Crippen molar-refractivity contribution in [1.82, 2.24) is 4.98 Å². The van der Waals surface area contributed by atoms with Crippen molar-refractivity contribution in [2.75, 3.05) is 11.9 Å². The van der Waals surface area contributed by atoms with Crippen molar-refractivity contribution in [3.8, 4) is 11.1 Å². The summed E-state index contributed by atoms with van der Waals surface area (Å²) in [5.41, 5.74) is 3.92. The number of rotatable bonds is 4. The summed E-state index contributed by atoms with van der Waals surface area (Å²) >= 11 is 11.7. The van der Waals surface area contributed by atoms with Crippen LogP contribution in [0.1, 0.15) is 27.4 Å². The van der Waals surface area contributed by atoms with Gasteiger partial charge in [0.1, 0.15) is 22.5 Å². The second-order valence-electron chi connectivity index (χ2n) is 6.41. The van der Waals surface area contributed by atoms with Crippen molar-refractivity contribution in [3.63, 3.8) is 0 Å². The predicted octanol–water partition coefficient (Wildman–Crippen LogP) is 5.45. The molecule has 1 aromatic heterocycles. The SMILES string of the molecule is O=C(Nc1cc(Cl)nc(Cl)c1C(=O)O)OCC1c2ccccc2-c2ccccc21. The standard InChI is InChI=1S/C21H14Cl2N2O4/c22-17-9-16(18(20(26)27)19(23)25-17)24-21(28)29-10-15-13-7-3-1-5-11(13)12-6-2-4-8-14(12)15/h1-9,15H,10H2,(H,26,27)(H,24,25,28). The molecule has 2 N–H and O–H groups in total. The third-order valence-corrected chi connectivity index (χ3v) is 5.21. The number of hydrogen-bond donors (Lipinski definition) is 2. The van der Waals surface area contributed by atoms with Gasteiger partial charge in [-0.25, -0.2) is 14.6 Å². The average Bonchev–Trinajstić information content (AvgIpc) is 2.99. The summed E-state index contributed by atoms with van der Waals surface area (Å²) in [5.74, 6) is -1.45. The molecule has 8 heteroatoms. The number of carbonyl (C=O) groups is 2. The molecule has 1 aliphatic rings. The fourth-order valence-electron chi connectivity index (χ4n) is 3.53. The number of carboxylic acid groups (broad SMARTS) is 1. The molecule has 4 rings (SSSR count). The first kappa shape index (κ1) is 19.2. The Balaban J connectivity index is 1.54. The number of aromatic nitrogens is 1. The number of hydrogen-bond acceptors (Lipinski definition) is 4. The normalized spacial score (nSPS) is 12.2. The molecule has 0 bridgehead atoms. The third kappa shape index (κ3) is 3.64. The minimum atomic E-state index is -1.34. The van der Waals surface area contributed by atoms with E-state index in [1.165, 1.54) is 6.07 Å². The first-order chi connectivity index (χ1) is 14.0. The lowest BCUT2D eigenvalue weighted by molar-refractivity contribution is 0.0698. The van der Waals surface area contributed by atoms with Crippen LogP contribution in [-0.2, 0) is 4.74 Å². The van der Waals surface area contributed by atoms with Gasteiger partial charge in [-0.1, -0.05) is 71.7 Å². The van der Waals surface area contributed by atoms with Gasteiger partial charge in [0.05, 0.1) is 5.69 Å². The van der Waals surface area contributed by atoms with Crippen molar-refractivity contribution in [2.24, 2.45) is 0 Å². The molecule has 0 radical (unpaired) electrons. The fraction of sp³-hybridized carbons (Fsp3) is 0.0952. The van der Waals surface area contributed by atoms with Crippen LogP contribution in [-0.4, -0.2) is 28.8 Å². The lowest BCUT2D eigenvalue weighted by atomic mass is 9.98. The molecule has 0 atom stereocenters. The Bertz CT molecular complexity index is 1090. The van der Waals surface area contributed by atoms with E-state index in [1.54, 1.807) is 0 Å². The number of carbonyl (C=O) groups excluding carboxylic acids is 1. The van der Waals surface area contributed by atoms with E-state index in [1.807, 2.05) is 48.5 Å². The molecule has 0 unspecified atom stereocenters. The van der Waals surface area contributed by atoms with Crippen molar-refractivity contribution in [1.29, 1.82) is 0 Å². The zero-order valence-corrected chi connectivity index (χ0v) is 16.4. The van der Waals surface area contributed by atoms with E-state index in [9.17, 15) is 14.7 Å². The maximum atomic E-state index is 12.4. The summed E-state index contributed by atoms with van der Waals surface area (Å²) < 4.78 is 5.41. The molecule has 146 valence electrons. The molecule has 0 saturated heterocycles. The van der Waals surface area contributed by atoms with Crippen LogP contribution in [0.25, 0.3) is 11.1 Å². The Kier molecular flexibility index (Phi) is 5.13. The third-order valence-electron chi connectivity index (χ3n) is 4.74. The minimum absolute atomic E-state index is 0.0473. The Hall–Kier alpha value is -3.09. The van der Waals surface area contributed by atoms with E-state index >= 15 is 0 Å². The Morgan fingerprint density at radius 2 is 1.62 bits per heavy atom. The van der Waals surface area contributed by atoms with Crippen molar-refractivity contribution < 1.29 is 19.4 Å². The number of benzene rings is 2. The Labute approximate surface area is 176 Å². The molecule has 0 saturated carbocycles. The minimum Gasteiger partial charge on any atom is -0.478 e. The summed E-state index contributed by atoms with van der Waals surface area (Å²) in [5, 5.41) is 11.3. The van der Waals surface area contributed by atoms with Gasteiger partial charge < -0.3 is 9.84 Å². The molecule has 0 fully saturated rings. The van der Waals surface area contributed by atoms with Crippen molar-refractivity contribution in [3.05, 3.63) is 81.6 Å². The monoisotopic (exact) mass is 428 g/mol. The van der Waals surface area contributed by atoms with E-state index in [0.29, 0.717) is 0 Å². The van der Waals surface area contributed by atoms with Crippen LogP contribution < -0.4 is 5.32 Å². The van der Waals surface area contributed by atoms with Gasteiger partial charge in [-0.3, -0.25) is 5.32 Å². The maximum absolute atomic E-state index is 12.4. The van der Waals surface area contributed by atoms with E-state index in [-0.39, 0.29) is 34.1 Å². The van der Waals surface area contributed by atoms with Crippen LogP contribution in [0.3, 0.4) is 0 Å². The number of anilines is 1. The lowest BCUT2D eigenvalue weighted by Crippen LogP contribution is -2.19. The van der Waals surface area contributed by atoms with Gasteiger partial charge in [0.15, 0.2) is 0 Å².